The molecule has 2 aliphatic heterocycles. The second kappa shape index (κ2) is 7.43. The summed E-state index contributed by atoms with van der Waals surface area (Å²) in [5, 5.41) is 0. The summed E-state index contributed by atoms with van der Waals surface area (Å²) in [4.78, 5) is 29.5. The molecule has 0 spiro atoms. The van der Waals surface area contributed by atoms with Crippen LogP contribution in [0.5, 0.6) is 0 Å². The van der Waals surface area contributed by atoms with Crippen molar-refractivity contribution in [1.82, 2.24) is 4.90 Å². The van der Waals surface area contributed by atoms with Crippen LogP contribution in [-0.2, 0) is 9.59 Å². The van der Waals surface area contributed by atoms with E-state index in [1.165, 1.54) is 16.7 Å². The van der Waals surface area contributed by atoms with Gasteiger partial charge in [-0.3, -0.25) is 14.5 Å². The Kier molecular flexibility index (Phi) is 5.46. The molecule has 1 aromatic rings. The first-order chi connectivity index (χ1) is 12.0. The van der Waals surface area contributed by atoms with Crippen LogP contribution in [-0.4, -0.2) is 34.1 Å². The Labute approximate surface area is 165 Å². The molecule has 0 aliphatic carbocycles. The molecule has 2 aliphatic rings. The number of rotatable bonds is 5. The van der Waals surface area contributed by atoms with Gasteiger partial charge in [-0.2, -0.15) is 0 Å². The van der Waals surface area contributed by atoms with E-state index in [1.54, 1.807) is 11.0 Å². The van der Waals surface area contributed by atoms with Gasteiger partial charge >= 0.3 is 0 Å². The third-order valence-corrected chi connectivity index (χ3v) is 6.04. The van der Waals surface area contributed by atoms with Crippen LogP contribution in [0.4, 0.5) is 5.69 Å². The zero-order valence-electron chi connectivity index (χ0n) is 13.8. The summed E-state index contributed by atoms with van der Waals surface area (Å²) in [5.41, 5.74) is 2.09. The maximum Gasteiger partial charge on any atom is 0.267 e. The quantitative estimate of drug-likeness (QED) is 0.390. The van der Waals surface area contributed by atoms with E-state index in [4.69, 9.17) is 12.2 Å². The van der Waals surface area contributed by atoms with E-state index in [-0.39, 0.29) is 11.8 Å². The summed E-state index contributed by atoms with van der Waals surface area (Å²) in [6, 6.07) is 5.73. The van der Waals surface area contributed by atoms with E-state index in [1.807, 2.05) is 18.2 Å². The van der Waals surface area contributed by atoms with Gasteiger partial charge in [0.25, 0.3) is 11.8 Å². The number of benzene rings is 1. The number of thiocarbonyl (C=S) groups is 1. The van der Waals surface area contributed by atoms with E-state index in [2.05, 4.69) is 29.4 Å². The van der Waals surface area contributed by atoms with Crippen molar-refractivity contribution in [3.05, 3.63) is 45.8 Å². The molecule has 1 aromatic carbocycles. The maximum atomic E-state index is 13.1. The molecule has 0 bridgehead atoms. The zero-order valence-corrected chi connectivity index (χ0v) is 17.0. The van der Waals surface area contributed by atoms with Gasteiger partial charge in [-0.25, -0.2) is 0 Å². The minimum absolute atomic E-state index is 0.124. The van der Waals surface area contributed by atoms with E-state index in [9.17, 15) is 9.59 Å². The van der Waals surface area contributed by atoms with Crippen LogP contribution in [0.1, 0.15) is 25.3 Å². The smallest absolute Gasteiger partial charge is 0.267 e. The van der Waals surface area contributed by atoms with Gasteiger partial charge in [0.2, 0.25) is 0 Å². The Balaban J connectivity index is 2.12. The third kappa shape index (κ3) is 3.20. The molecule has 0 N–H and O–H groups in total. The number of hydrogen-bond acceptors (Lipinski definition) is 4. The Morgan fingerprint density at radius 3 is 2.72 bits per heavy atom. The largest absolute Gasteiger partial charge is 0.308 e. The van der Waals surface area contributed by atoms with Crippen LogP contribution in [0.25, 0.3) is 5.57 Å². The number of thioether (sulfide) groups is 1. The van der Waals surface area contributed by atoms with Gasteiger partial charge in [-0.15, -0.1) is 6.58 Å². The minimum Gasteiger partial charge on any atom is -0.308 e. The lowest BCUT2D eigenvalue weighted by Gasteiger charge is -2.16. The molecule has 7 heteroatoms. The number of carbonyl (C=O) groups is 2. The number of carbonyl (C=O) groups excluding carboxylic acids is 2. The molecule has 4 nitrogen and oxygen atoms in total. The minimum atomic E-state index is -0.221. The maximum absolute atomic E-state index is 13.1. The molecule has 0 radical (unpaired) electrons. The molecule has 25 heavy (non-hydrogen) atoms. The number of unbranched alkanes of at least 4 members (excludes halogenated alkanes) is 1. The number of hydrogen-bond donors (Lipinski definition) is 0. The molecule has 0 atom stereocenters. The number of nitrogens with zero attached hydrogens (tertiary/aromatic N) is 2. The SMILES string of the molecule is C=CCN1C(=O)C(=C2C(=O)N(CCCC)c3ccc(Br)cc32)SC1=S. The van der Waals surface area contributed by atoms with Gasteiger partial charge < -0.3 is 4.90 Å². The van der Waals surface area contributed by atoms with E-state index >= 15 is 0 Å². The van der Waals surface area contributed by atoms with Crippen LogP contribution in [0.15, 0.2) is 40.2 Å². The highest BCUT2D eigenvalue weighted by Gasteiger charge is 2.41. The van der Waals surface area contributed by atoms with Crippen molar-refractivity contribution in [2.75, 3.05) is 18.0 Å². The van der Waals surface area contributed by atoms with E-state index < -0.39 is 0 Å². The van der Waals surface area contributed by atoms with Crippen LogP contribution in [0, 0.1) is 0 Å². The average molecular weight is 437 g/mol. The van der Waals surface area contributed by atoms with Gasteiger partial charge in [0.05, 0.1) is 16.2 Å². The van der Waals surface area contributed by atoms with Crippen molar-refractivity contribution in [1.29, 1.82) is 0 Å². The number of halogens is 1. The normalized spacial score (nSPS) is 19.8. The molecule has 0 aromatic heterocycles. The van der Waals surface area contributed by atoms with Crippen LogP contribution >= 0.6 is 39.9 Å². The van der Waals surface area contributed by atoms with Gasteiger partial charge in [0.1, 0.15) is 4.32 Å². The van der Waals surface area contributed by atoms with Crippen molar-refractivity contribution < 1.29 is 9.59 Å². The summed E-state index contributed by atoms with van der Waals surface area (Å²) in [6.45, 7) is 6.74. The van der Waals surface area contributed by atoms with E-state index in [0.29, 0.717) is 27.9 Å². The average Bonchev–Trinajstić information content (AvgIpc) is 3.00. The lowest BCUT2D eigenvalue weighted by Crippen LogP contribution is -2.30. The fourth-order valence-electron chi connectivity index (χ4n) is 2.90. The van der Waals surface area contributed by atoms with Crippen molar-refractivity contribution >= 4 is 67.3 Å². The van der Waals surface area contributed by atoms with Crippen molar-refractivity contribution in [2.45, 2.75) is 19.8 Å². The van der Waals surface area contributed by atoms with Gasteiger partial charge in [0, 0.05) is 23.1 Å². The summed E-state index contributed by atoms with van der Waals surface area (Å²) < 4.78 is 1.33. The Bertz CT molecular complexity index is 819. The van der Waals surface area contributed by atoms with Gasteiger partial charge in [-0.1, -0.05) is 59.3 Å². The third-order valence-electron chi connectivity index (χ3n) is 4.10. The molecule has 2 heterocycles. The van der Waals surface area contributed by atoms with Gasteiger partial charge in [-0.05, 0) is 24.6 Å². The molecule has 1 saturated heterocycles. The summed E-state index contributed by atoms with van der Waals surface area (Å²) in [7, 11) is 0. The molecule has 2 amide bonds. The first kappa shape index (κ1) is 18.4. The van der Waals surface area contributed by atoms with E-state index in [0.717, 1.165) is 28.6 Å². The van der Waals surface area contributed by atoms with Crippen molar-refractivity contribution in [3.8, 4) is 0 Å². The number of fused-ring (bicyclic) bond motifs is 1. The Morgan fingerprint density at radius 1 is 1.28 bits per heavy atom. The summed E-state index contributed by atoms with van der Waals surface area (Å²) >= 11 is 9.97. The molecule has 3 rings (SSSR count). The summed E-state index contributed by atoms with van der Waals surface area (Å²) in [6.07, 6.45) is 3.53. The van der Waals surface area contributed by atoms with Crippen molar-refractivity contribution in [3.63, 3.8) is 0 Å². The fourth-order valence-corrected chi connectivity index (χ4v) is 4.60. The fraction of sp³-hybridized carbons (Fsp3) is 0.278. The highest BCUT2D eigenvalue weighted by atomic mass is 79.9. The lowest BCUT2D eigenvalue weighted by molar-refractivity contribution is -0.122. The molecule has 0 unspecified atom stereocenters. The standard InChI is InChI=1S/C18H17BrN2O2S2/c1-3-5-9-20-13-7-6-11(19)10-12(13)14(16(20)22)15-17(23)21(8-4-2)18(24)25-15/h4,6-7,10H,2-3,5,8-9H2,1H3. The lowest BCUT2D eigenvalue weighted by atomic mass is 10.1. The monoisotopic (exact) mass is 436 g/mol. The predicted molar refractivity (Wildman–Crippen MR) is 110 cm³/mol. The molecule has 130 valence electrons. The molecular formula is C18H17BrN2O2S2. The first-order valence-electron chi connectivity index (χ1n) is 8.00. The highest BCUT2D eigenvalue weighted by molar-refractivity contribution is 9.10. The molecular weight excluding hydrogens is 420 g/mol. The molecule has 0 saturated carbocycles. The topological polar surface area (TPSA) is 40.6 Å². The zero-order chi connectivity index (χ0) is 18.1. The van der Waals surface area contributed by atoms with Crippen LogP contribution in [0.2, 0.25) is 0 Å². The number of amides is 2. The second-order valence-electron chi connectivity index (χ2n) is 5.75. The van der Waals surface area contributed by atoms with Gasteiger partial charge in [0.15, 0.2) is 0 Å². The van der Waals surface area contributed by atoms with Crippen LogP contribution in [0.3, 0.4) is 0 Å². The second-order valence-corrected chi connectivity index (χ2v) is 8.31. The van der Waals surface area contributed by atoms with Crippen molar-refractivity contribution in [2.24, 2.45) is 0 Å². The van der Waals surface area contributed by atoms with Crippen LogP contribution < -0.4 is 4.90 Å². The Morgan fingerprint density at radius 2 is 2.04 bits per heavy atom. The Hall–Kier alpha value is -1.44. The molecule has 1 fully saturated rings. The summed E-state index contributed by atoms with van der Waals surface area (Å²) in [5.74, 6) is -0.345. The predicted octanol–water partition coefficient (Wildman–Crippen LogP) is 4.35. The highest BCUT2D eigenvalue weighted by Crippen LogP contribution is 2.45. The number of anilines is 1. The first-order valence-corrected chi connectivity index (χ1v) is 10.0.